The van der Waals surface area contributed by atoms with Gasteiger partial charge in [0, 0.05) is 26.4 Å². The average Bonchev–Trinajstić information content (AvgIpc) is 2.95. The molecule has 1 aromatic carbocycles. The monoisotopic (exact) mass is 315 g/mol. The normalized spacial score (nSPS) is 11.0. The minimum absolute atomic E-state index is 0.520. The van der Waals surface area contributed by atoms with Crippen molar-refractivity contribution in [2.24, 2.45) is 5.92 Å². The Kier molecular flexibility index (Phi) is 6.35. The second-order valence-corrected chi connectivity index (χ2v) is 6.16. The van der Waals surface area contributed by atoms with Gasteiger partial charge in [-0.1, -0.05) is 38.1 Å². The van der Waals surface area contributed by atoms with Crippen molar-refractivity contribution in [3.05, 3.63) is 53.3 Å². The second-order valence-electron chi connectivity index (χ2n) is 6.16. The highest BCUT2D eigenvalue weighted by Gasteiger charge is 2.10. The highest BCUT2D eigenvalue weighted by Crippen LogP contribution is 2.11. The number of hydrogen-bond acceptors (Lipinski definition) is 3. The van der Waals surface area contributed by atoms with Crippen LogP contribution in [0.15, 0.2) is 36.5 Å². The number of carbonyl (C=O) groups is 1. The van der Waals surface area contributed by atoms with Gasteiger partial charge >= 0.3 is 0 Å². The average molecular weight is 315 g/mol. The van der Waals surface area contributed by atoms with Crippen LogP contribution in [-0.4, -0.2) is 28.2 Å². The minimum atomic E-state index is 0.520. The Labute approximate surface area is 137 Å². The van der Waals surface area contributed by atoms with Crippen LogP contribution in [0.1, 0.15) is 30.7 Å². The van der Waals surface area contributed by atoms with Crippen molar-refractivity contribution in [3.63, 3.8) is 0 Å². The molecule has 124 valence electrons. The first-order valence-electron chi connectivity index (χ1n) is 7.89. The Hall–Kier alpha value is -2.14. The maximum Gasteiger partial charge on any atom is 0.210 e. The van der Waals surface area contributed by atoms with Gasteiger partial charge in [-0.25, -0.2) is 0 Å². The second kappa shape index (κ2) is 8.48. The molecular weight excluding hydrogens is 290 g/mol. The molecule has 0 aliphatic rings. The zero-order chi connectivity index (χ0) is 16.7. The van der Waals surface area contributed by atoms with Gasteiger partial charge in [-0.2, -0.15) is 5.10 Å². The molecule has 0 spiro atoms. The summed E-state index contributed by atoms with van der Waals surface area (Å²) in [5.41, 5.74) is 3.29. The molecule has 0 atom stereocenters. The van der Waals surface area contributed by atoms with E-state index in [0.29, 0.717) is 25.6 Å². The molecule has 0 saturated heterocycles. The van der Waals surface area contributed by atoms with Gasteiger partial charge in [-0.05, 0) is 23.1 Å². The summed E-state index contributed by atoms with van der Waals surface area (Å²) in [4.78, 5) is 13.2. The lowest BCUT2D eigenvalue weighted by molar-refractivity contribution is -0.119. The van der Waals surface area contributed by atoms with Crippen LogP contribution in [0, 0.1) is 5.92 Å². The topological polar surface area (TPSA) is 47.4 Å². The maximum atomic E-state index is 11.4. The highest BCUT2D eigenvalue weighted by molar-refractivity contribution is 5.47. The Balaban J connectivity index is 2.00. The zero-order valence-electron chi connectivity index (χ0n) is 14.1. The highest BCUT2D eigenvalue weighted by atomic mass is 16.5. The number of nitrogens with zero attached hydrogens (tertiary/aromatic N) is 3. The number of benzene rings is 1. The fourth-order valence-electron chi connectivity index (χ4n) is 2.49. The van der Waals surface area contributed by atoms with Crippen molar-refractivity contribution in [2.75, 3.05) is 7.11 Å². The first-order valence-corrected chi connectivity index (χ1v) is 7.89. The smallest absolute Gasteiger partial charge is 0.210 e. The Bertz CT molecular complexity index is 605. The summed E-state index contributed by atoms with van der Waals surface area (Å²) in [6.07, 6.45) is 2.69. The van der Waals surface area contributed by atoms with Gasteiger partial charge in [0.15, 0.2) is 0 Å². The van der Waals surface area contributed by atoms with Crippen LogP contribution < -0.4 is 0 Å². The maximum absolute atomic E-state index is 11.4. The van der Waals surface area contributed by atoms with E-state index in [0.717, 1.165) is 29.8 Å². The molecular formula is C18H25N3O2. The van der Waals surface area contributed by atoms with Gasteiger partial charge in [0.2, 0.25) is 6.41 Å². The molecule has 0 aliphatic carbocycles. The molecule has 0 saturated carbocycles. The molecule has 0 bridgehead atoms. The molecule has 0 N–H and O–H groups in total. The van der Waals surface area contributed by atoms with E-state index in [1.54, 1.807) is 18.2 Å². The predicted molar refractivity (Wildman–Crippen MR) is 89.5 cm³/mol. The molecule has 5 nitrogen and oxygen atoms in total. The third kappa shape index (κ3) is 5.21. The van der Waals surface area contributed by atoms with E-state index in [2.05, 4.69) is 18.9 Å². The molecule has 0 aliphatic heterocycles. The molecule has 0 unspecified atom stereocenters. The first-order chi connectivity index (χ1) is 11.1. The van der Waals surface area contributed by atoms with Crippen LogP contribution in [0.2, 0.25) is 0 Å². The number of carbonyl (C=O) groups excluding carboxylic acids is 1. The number of ether oxygens (including phenoxy) is 1. The molecule has 1 aromatic heterocycles. The Morgan fingerprint density at radius 2 is 1.87 bits per heavy atom. The molecule has 1 amide bonds. The zero-order valence-corrected chi connectivity index (χ0v) is 14.1. The standard InChI is InChI=1S/C18H25N3O2/c1-15(2)10-21-18(8-9-19-21)12-20(14-22)11-16-4-6-17(7-5-16)13-23-3/h4-9,14-15H,10-13H2,1-3H3. The van der Waals surface area contributed by atoms with Crippen LogP contribution in [0.3, 0.4) is 0 Å². The van der Waals surface area contributed by atoms with E-state index in [-0.39, 0.29) is 0 Å². The fourth-order valence-corrected chi connectivity index (χ4v) is 2.49. The molecule has 23 heavy (non-hydrogen) atoms. The lowest BCUT2D eigenvalue weighted by atomic mass is 10.1. The van der Waals surface area contributed by atoms with Crippen molar-refractivity contribution in [2.45, 2.75) is 40.1 Å². The van der Waals surface area contributed by atoms with E-state index in [9.17, 15) is 4.79 Å². The number of aromatic nitrogens is 2. The van der Waals surface area contributed by atoms with Crippen molar-refractivity contribution in [1.82, 2.24) is 14.7 Å². The fraction of sp³-hybridized carbons (Fsp3) is 0.444. The van der Waals surface area contributed by atoms with Crippen LogP contribution in [0.5, 0.6) is 0 Å². The predicted octanol–water partition coefficient (Wildman–Crippen LogP) is 2.84. The lowest BCUT2D eigenvalue weighted by Crippen LogP contribution is -2.23. The SMILES string of the molecule is COCc1ccc(CN(C=O)Cc2ccnn2CC(C)C)cc1. The van der Waals surface area contributed by atoms with E-state index in [4.69, 9.17) is 4.74 Å². The Morgan fingerprint density at radius 3 is 2.48 bits per heavy atom. The summed E-state index contributed by atoms with van der Waals surface area (Å²) < 4.78 is 7.08. The summed E-state index contributed by atoms with van der Waals surface area (Å²) in [5.74, 6) is 0.520. The number of rotatable bonds is 9. The van der Waals surface area contributed by atoms with Crippen LogP contribution >= 0.6 is 0 Å². The van der Waals surface area contributed by atoms with Crippen molar-refractivity contribution in [3.8, 4) is 0 Å². The van der Waals surface area contributed by atoms with Crippen LogP contribution in [-0.2, 0) is 35.8 Å². The van der Waals surface area contributed by atoms with Gasteiger partial charge in [0.1, 0.15) is 0 Å². The number of methoxy groups -OCH3 is 1. The van der Waals surface area contributed by atoms with Crippen LogP contribution in [0.4, 0.5) is 0 Å². The number of amides is 1. The third-order valence-corrected chi connectivity index (χ3v) is 3.58. The summed E-state index contributed by atoms with van der Waals surface area (Å²) >= 11 is 0. The molecule has 2 aromatic rings. The third-order valence-electron chi connectivity index (χ3n) is 3.58. The van der Waals surface area contributed by atoms with Crippen molar-refractivity contribution >= 4 is 6.41 Å². The molecule has 0 radical (unpaired) electrons. The summed E-state index contributed by atoms with van der Waals surface area (Å²) in [6, 6.07) is 10.1. The largest absolute Gasteiger partial charge is 0.380 e. The van der Waals surface area contributed by atoms with Crippen molar-refractivity contribution < 1.29 is 9.53 Å². The van der Waals surface area contributed by atoms with E-state index in [1.807, 2.05) is 35.0 Å². The molecule has 1 heterocycles. The summed E-state index contributed by atoms with van der Waals surface area (Å²) in [5, 5.41) is 4.34. The lowest BCUT2D eigenvalue weighted by Gasteiger charge is -2.19. The van der Waals surface area contributed by atoms with E-state index in [1.165, 1.54) is 0 Å². The van der Waals surface area contributed by atoms with Crippen LogP contribution in [0.25, 0.3) is 0 Å². The minimum Gasteiger partial charge on any atom is -0.380 e. The van der Waals surface area contributed by atoms with Gasteiger partial charge in [0.05, 0.1) is 18.8 Å². The van der Waals surface area contributed by atoms with Crippen molar-refractivity contribution in [1.29, 1.82) is 0 Å². The van der Waals surface area contributed by atoms with E-state index >= 15 is 0 Å². The molecule has 2 rings (SSSR count). The first kappa shape index (κ1) is 17.2. The van der Waals surface area contributed by atoms with Gasteiger partial charge in [-0.3, -0.25) is 9.48 Å². The van der Waals surface area contributed by atoms with Gasteiger partial charge in [-0.15, -0.1) is 0 Å². The molecule has 5 heteroatoms. The Morgan fingerprint density at radius 1 is 1.17 bits per heavy atom. The van der Waals surface area contributed by atoms with E-state index < -0.39 is 0 Å². The van der Waals surface area contributed by atoms with Gasteiger partial charge in [0.25, 0.3) is 0 Å². The van der Waals surface area contributed by atoms with Gasteiger partial charge < -0.3 is 9.64 Å². The summed E-state index contributed by atoms with van der Waals surface area (Å²) in [6.45, 7) is 6.93. The quantitative estimate of drug-likeness (QED) is 0.669. The number of hydrogen-bond donors (Lipinski definition) is 0. The summed E-state index contributed by atoms with van der Waals surface area (Å²) in [7, 11) is 1.68. The molecule has 0 fully saturated rings.